The van der Waals surface area contributed by atoms with E-state index in [1.807, 2.05) is 50.3 Å². The Morgan fingerprint density at radius 1 is 0.924 bits per heavy atom. The molecule has 2 aromatic carbocycles. The van der Waals surface area contributed by atoms with Crippen LogP contribution in [0.25, 0.3) is 0 Å². The number of aliphatic carboxylic acids is 1. The molecule has 5 aliphatic heterocycles. The van der Waals surface area contributed by atoms with Crippen molar-refractivity contribution in [1.29, 1.82) is 0 Å². The van der Waals surface area contributed by atoms with Crippen LogP contribution in [0, 0.1) is 28.3 Å². The van der Waals surface area contributed by atoms with E-state index in [1.165, 1.54) is 55.9 Å². The number of ketones is 1. The first-order valence-corrected chi connectivity index (χ1v) is 38.9. The van der Waals surface area contributed by atoms with Crippen LogP contribution in [0.2, 0.25) is 0 Å². The van der Waals surface area contributed by atoms with Gasteiger partial charge in [0, 0.05) is 80.9 Å². The van der Waals surface area contributed by atoms with Crippen molar-refractivity contribution in [3.8, 4) is 34.8 Å². The molecule has 2 aromatic rings. The van der Waals surface area contributed by atoms with Crippen LogP contribution in [0.5, 0.6) is 23.0 Å². The number of carbonyl (C=O) groups excluding carboxylic acids is 5. The van der Waals surface area contributed by atoms with Crippen molar-refractivity contribution in [3.05, 3.63) is 79.6 Å². The molecule has 0 spiro atoms. The minimum Gasteiger partial charge on any atom is -0.494 e. The van der Waals surface area contributed by atoms with E-state index in [1.54, 1.807) is 81.2 Å². The molecule has 105 heavy (non-hydrogen) atoms. The van der Waals surface area contributed by atoms with Crippen LogP contribution in [0.1, 0.15) is 122 Å². The summed E-state index contributed by atoms with van der Waals surface area (Å²) in [7, 11) is 9.63. The Hall–Kier alpha value is -5.63. The molecule has 0 saturated carbocycles. The van der Waals surface area contributed by atoms with E-state index in [2.05, 4.69) is 27.7 Å². The predicted molar refractivity (Wildman–Crippen MR) is 395 cm³/mol. The van der Waals surface area contributed by atoms with Gasteiger partial charge in [-0.25, -0.2) is 10.2 Å². The fraction of sp³-hybridized carbons (Fsp3) is 0.625. The number of halogens is 1. The number of Topliss-reactive ketones (excluding diaryl/α,β-unsaturated/α-hetero) is 1. The number of ether oxygens (including phenoxy) is 12. The largest absolute Gasteiger partial charge is 0.494 e. The molecule has 0 aromatic heterocycles. The molecule has 7 N–H and O–H groups in total. The second kappa shape index (κ2) is 36.7. The van der Waals surface area contributed by atoms with Gasteiger partial charge in [0.2, 0.25) is 29.0 Å². The highest BCUT2D eigenvalue weighted by molar-refractivity contribution is 14.1. The van der Waals surface area contributed by atoms with Gasteiger partial charge < -0.3 is 87.3 Å². The van der Waals surface area contributed by atoms with Gasteiger partial charge in [-0.1, -0.05) is 51.3 Å². The van der Waals surface area contributed by atoms with Crippen LogP contribution in [-0.4, -0.2) is 251 Å². The maximum absolute atomic E-state index is 14.7. The van der Waals surface area contributed by atoms with Crippen LogP contribution in [0.4, 0.5) is 4.79 Å². The van der Waals surface area contributed by atoms with E-state index in [4.69, 9.17) is 66.8 Å². The summed E-state index contributed by atoms with van der Waals surface area (Å²) in [6.45, 7) is 16.7. The van der Waals surface area contributed by atoms with Gasteiger partial charge in [0.25, 0.3) is 0 Å². The van der Waals surface area contributed by atoms with Gasteiger partial charge in [-0.3, -0.25) is 34.1 Å². The molecule has 0 radical (unpaired) electrons. The molecule has 18 unspecified atom stereocenters. The number of carboxylic acid groups (broad SMARTS) is 1. The van der Waals surface area contributed by atoms with Crippen LogP contribution in [-0.2, 0) is 61.9 Å². The molecule has 5 saturated heterocycles. The molecule has 7 aliphatic rings. The lowest BCUT2D eigenvalue weighted by Crippen LogP contribution is -2.59. The van der Waals surface area contributed by atoms with E-state index in [-0.39, 0.29) is 102 Å². The lowest BCUT2D eigenvalue weighted by Gasteiger charge is -2.43. The summed E-state index contributed by atoms with van der Waals surface area (Å²) in [5.41, 5.74) is 2.53. The molecule has 20 atom stereocenters. The number of carboxylic acids is 1. The Morgan fingerprint density at radius 3 is 2.29 bits per heavy atom. The number of aliphatic hydroxyl groups excluding tert-OH is 3. The first kappa shape index (κ1) is 83.4. The Bertz CT molecular complexity index is 3670. The quantitative estimate of drug-likeness (QED) is 0.00831. The van der Waals surface area contributed by atoms with Gasteiger partial charge in [-0.2, -0.15) is 10.2 Å². The third-order valence-corrected chi connectivity index (χ3v) is 25.2. The number of amides is 3. The van der Waals surface area contributed by atoms with Crippen molar-refractivity contribution in [2.45, 2.75) is 221 Å². The average Bonchev–Trinajstić information content (AvgIpc) is 1.62. The van der Waals surface area contributed by atoms with Crippen molar-refractivity contribution in [2.24, 2.45) is 11.0 Å². The number of hydrogen-bond acceptors (Lipinski definition) is 28. The monoisotopic (exact) mass is 1640 g/mol. The van der Waals surface area contributed by atoms with Gasteiger partial charge in [-0.15, -0.1) is 0 Å². The van der Waals surface area contributed by atoms with E-state index in [0.717, 1.165) is 24.4 Å². The van der Waals surface area contributed by atoms with Crippen LogP contribution in [0.3, 0.4) is 0 Å². The summed E-state index contributed by atoms with van der Waals surface area (Å²) in [5.74, 6) is 4.11. The normalized spacial score (nSPS) is 32.3. The molecule has 3 amide bonds. The first-order valence-electron chi connectivity index (χ1n) is 34.6. The number of fused-ring (bicyclic) bond motifs is 3. The van der Waals surface area contributed by atoms with Crippen molar-refractivity contribution in [2.75, 3.05) is 61.1 Å². The minimum absolute atomic E-state index is 0.000656. The number of aliphatic hydroxyl groups is 4. The Kier molecular flexibility index (Phi) is 29.2. The number of rotatable bonds is 30. The topological polar surface area (TPSA) is 366 Å². The maximum atomic E-state index is 14.7. The first-order chi connectivity index (χ1) is 49.9. The number of methoxy groups -OCH3 is 5. The third-order valence-electron chi connectivity index (χ3n) is 19.4. The number of alkyl carbamates (subject to hydrolysis) is 1. The summed E-state index contributed by atoms with van der Waals surface area (Å²) >= 11 is 2.87. The number of nitrogens with one attached hydrogen (secondary N) is 2. The second-order valence-corrected chi connectivity index (χ2v) is 32.4. The zero-order chi connectivity index (χ0) is 76.5. The number of carbonyl (C=O) groups is 6. The summed E-state index contributed by atoms with van der Waals surface area (Å²) in [5, 5.41) is 62.7. The zero-order valence-corrected chi connectivity index (χ0v) is 65.8. The van der Waals surface area contributed by atoms with Gasteiger partial charge >= 0.3 is 12.1 Å². The molecule has 33 heteroatoms. The van der Waals surface area contributed by atoms with E-state index >= 15 is 0 Å². The SMILES string of the molecule is CCN(C(C)=O)C1COC(CC2C(O[C@H]3/C=C\C#C[C@]4(O)CC(=O)C(NC(=O)OC)=C3/C4=C\CSSC(C)(C)CC(=O)N/N=C(\C)c3ccc(OCCCC(=O)O)cc3)OC(C)C3C2N3OC2CC(O)C(SC(=O)c3c(C)c(I)c(OC4OC(C)C(O)C(OC)C4O)c(OC)c3OC)C(C)O2)CC1OC. The molecular weight excluding hydrogens is 1540 g/mol. The average molecular weight is 1640 g/mol. The van der Waals surface area contributed by atoms with Crippen molar-refractivity contribution >= 4 is 96.4 Å². The van der Waals surface area contributed by atoms with Crippen LogP contribution in [0.15, 0.2) is 64.4 Å². The molecule has 578 valence electrons. The van der Waals surface area contributed by atoms with E-state index in [0.29, 0.717) is 40.0 Å². The van der Waals surface area contributed by atoms with E-state index in [9.17, 15) is 49.2 Å². The standard InChI is InChI=1S/C72H96IN5O24S3/c1-15-77(40(7)79)46-34-96-43(30-50(46)90-10)29-44-59-58(78(59)102-53-31-47(80)66(39(6)97-53)104-67(87)54-35(2)56(73)63(65(93-13)62(54)91-11)101-69-61(86)64(92-12)60(85)38(5)99-69)37(4)98-68(44)100-49-19-16-17-26-72(89)32-48(81)57(74-70(88)94-14)55(49)45(72)25-28-103-105-71(8,9)33-51(82)76-75-36(3)41-21-23-42(24-22-41)95-27-18-20-52(83)84/h16,19,21-25,37-39,43-44,46-47,49-50,53,58-61,64,66,68-69,80,85-86,89H,15,18,20,27-34H2,1-14H3,(H,74,88)(H,76,82)(H,83,84)/b19-16-,45-25+,75-36+/t37?,38?,39?,43?,44?,46?,47?,49-,50?,53?,58?,59?,60?,61?,64?,66?,68?,69?,72-,78?/m0/s1. The number of nitrogens with zero attached hydrogens (tertiary/aromatic N) is 3. The molecule has 2 bridgehead atoms. The maximum Gasteiger partial charge on any atom is 0.411 e. The number of likely N-dealkylation sites (N-methyl/N-ethyl adjacent to an activating group) is 1. The van der Waals surface area contributed by atoms with Gasteiger partial charge in [0.15, 0.2) is 35.5 Å². The van der Waals surface area contributed by atoms with Gasteiger partial charge in [-0.05, 0) is 138 Å². The van der Waals surface area contributed by atoms with Gasteiger partial charge in [0.05, 0.1) is 122 Å². The number of hydrogen-bond donors (Lipinski definition) is 7. The molecule has 5 fully saturated rings. The Balaban J connectivity index is 0.931. The molecule has 9 rings (SSSR count). The summed E-state index contributed by atoms with van der Waals surface area (Å²) in [6.07, 6.45) is -8.17. The molecule has 2 aliphatic carbocycles. The molecule has 5 heterocycles. The highest BCUT2D eigenvalue weighted by Gasteiger charge is 2.65. The number of allylic oxidation sites excluding steroid dienone is 2. The number of hydrazone groups is 1. The van der Waals surface area contributed by atoms with Crippen LogP contribution >= 0.6 is 55.9 Å². The number of hydroxylamine groups is 2. The third kappa shape index (κ3) is 19.7. The highest BCUT2D eigenvalue weighted by Crippen LogP contribution is 2.52. The Morgan fingerprint density at radius 2 is 1.64 bits per heavy atom. The minimum atomic E-state index is -2.07. The predicted octanol–water partition coefficient (Wildman–Crippen LogP) is 6.52. The van der Waals surface area contributed by atoms with Gasteiger partial charge in [0.1, 0.15) is 30.2 Å². The van der Waals surface area contributed by atoms with Crippen LogP contribution < -0.4 is 29.7 Å². The lowest BCUT2D eigenvalue weighted by atomic mass is 9.75. The smallest absolute Gasteiger partial charge is 0.411 e. The zero-order valence-electron chi connectivity index (χ0n) is 61.1. The number of thioether (sulfide) groups is 1. The second-order valence-electron chi connectivity index (χ2n) is 27.1. The summed E-state index contributed by atoms with van der Waals surface area (Å²) < 4.78 is 72.9. The summed E-state index contributed by atoms with van der Waals surface area (Å²) in [6, 6.07) is 5.80. The fourth-order valence-corrected chi connectivity index (χ4v) is 18.2. The highest BCUT2D eigenvalue weighted by atomic mass is 127. The summed E-state index contributed by atoms with van der Waals surface area (Å²) in [4.78, 5) is 88.0. The van der Waals surface area contributed by atoms with Crippen molar-refractivity contribution < 1.29 is 116 Å². The lowest BCUT2D eigenvalue weighted by molar-refractivity contribution is -0.281. The molecular formula is C72H96IN5O24S3. The number of benzene rings is 2. The van der Waals surface area contributed by atoms with Crippen molar-refractivity contribution in [3.63, 3.8) is 0 Å². The van der Waals surface area contributed by atoms with Crippen molar-refractivity contribution in [1.82, 2.24) is 20.7 Å². The Labute approximate surface area is 636 Å². The van der Waals surface area contributed by atoms with E-state index < -0.39 is 143 Å². The molecule has 29 nitrogen and oxygen atoms in total. The fourth-order valence-electron chi connectivity index (χ4n) is 14.1.